The molecular weight excluding hydrogens is 302 g/mol. The molecule has 0 bridgehead atoms. The molecule has 1 rings (SSSR count). The lowest BCUT2D eigenvalue weighted by Crippen LogP contribution is -2.27. The standard InChI is InChI=1S/C11H18BrN3O3/c1-8(3-5-16)14-9-7-13-15(4-6-18-2)11(17)10(9)12/h7-8,14,16H,3-6H2,1-2H3. The van der Waals surface area contributed by atoms with Gasteiger partial charge in [-0.3, -0.25) is 4.79 Å². The van der Waals surface area contributed by atoms with Crippen LogP contribution in [-0.4, -0.2) is 41.3 Å². The lowest BCUT2D eigenvalue weighted by atomic mass is 10.2. The normalized spacial score (nSPS) is 12.4. The van der Waals surface area contributed by atoms with Gasteiger partial charge in [0.25, 0.3) is 5.56 Å². The van der Waals surface area contributed by atoms with Crippen molar-refractivity contribution in [3.8, 4) is 0 Å². The summed E-state index contributed by atoms with van der Waals surface area (Å²) >= 11 is 3.26. The topological polar surface area (TPSA) is 76.4 Å². The van der Waals surface area contributed by atoms with Crippen molar-refractivity contribution < 1.29 is 9.84 Å². The first-order valence-electron chi connectivity index (χ1n) is 5.72. The van der Waals surface area contributed by atoms with E-state index >= 15 is 0 Å². The minimum absolute atomic E-state index is 0.0716. The number of anilines is 1. The van der Waals surface area contributed by atoms with E-state index in [-0.39, 0.29) is 18.2 Å². The van der Waals surface area contributed by atoms with Crippen molar-refractivity contribution in [2.75, 3.05) is 25.6 Å². The van der Waals surface area contributed by atoms with E-state index in [9.17, 15) is 4.79 Å². The van der Waals surface area contributed by atoms with Crippen molar-refractivity contribution in [1.29, 1.82) is 0 Å². The Morgan fingerprint density at radius 3 is 3.00 bits per heavy atom. The van der Waals surface area contributed by atoms with Crippen LogP contribution >= 0.6 is 15.9 Å². The zero-order valence-corrected chi connectivity index (χ0v) is 12.1. The molecule has 1 unspecified atom stereocenters. The Morgan fingerprint density at radius 2 is 2.39 bits per heavy atom. The van der Waals surface area contributed by atoms with Crippen LogP contribution in [0.15, 0.2) is 15.5 Å². The van der Waals surface area contributed by atoms with Crippen LogP contribution < -0.4 is 10.9 Å². The second-order valence-electron chi connectivity index (χ2n) is 3.95. The van der Waals surface area contributed by atoms with Crippen molar-refractivity contribution >= 4 is 21.6 Å². The highest BCUT2D eigenvalue weighted by molar-refractivity contribution is 9.10. The minimum atomic E-state index is -0.201. The molecule has 0 saturated heterocycles. The molecule has 0 spiro atoms. The van der Waals surface area contributed by atoms with Gasteiger partial charge < -0.3 is 15.2 Å². The zero-order chi connectivity index (χ0) is 13.5. The third-order valence-corrected chi connectivity index (χ3v) is 3.22. The van der Waals surface area contributed by atoms with Gasteiger partial charge in [-0.15, -0.1) is 0 Å². The first kappa shape index (κ1) is 15.1. The number of aliphatic hydroxyl groups is 1. The quantitative estimate of drug-likeness (QED) is 0.778. The number of nitrogens with zero attached hydrogens (tertiary/aromatic N) is 2. The van der Waals surface area contributed by atoms with E-state index in [1.807, 2.05) is 6.92 Å². The van der Waals surface area contributed by atoms with E-state index in [4.69, 9.17) is 9.84 Å². The van der Waals surface area contributed by atoms with Crippen LogP contribution in [0.2, 0.25) is 0 Å². The fraction of sp³-hybridized carbons (Fsp3) is 0.636. The Morgan fingerprint density at radius 1 is 1.67 bits per heavy atom. The maximum absolute atomic E-state index is 11.9. The van der Waals surface area contributed by atoms with Crippen molar-refractivity contribution in [1.82, 2.24) is 9.78 Å². The molecule has 0 fully saturated rings. The molecule has 1 heterocycles. The van der Waals surface area contributed by atoms with Gasteiger partial charge in [0.15, 0.2) is 0 Å². The predicted molar refractivity (Wildman–Crippen MR) is 72.9 cm³/mol. The third-order valence-electron chi connectivity index (χ3n) is 2.46. The van der Waals surface area contributed by atoms with Crippen molar-refractivity contribution in [3.63, 3.8) is 0 Å². The molecule has 0 radical (unpaired) electrons. The Balaban J connectivity index is 2.83. The molecule has 0 aliphatic carbocycles. The van der Waals surface area contributed by atoms with Gasteiger partial charge in [-0.25, -0.2) is 4.68 Å². The number of hydrogen-bond acceptors (Lipinski definition) is 5. The van der Waals surface area contributed by atoms with Gasteiger partial charge in [-0.05, 0) is 29.3 Å². The van der Waals surface area contributed by atoms with Crippen LogP contribution in [0.4, 0.5) is 5.69 Å². The molecule has 0 aromatic carbocycles. The summed E-state index contributed by atoms with van der Waals surface area (Å²) in [4.78, 5) is 11.9. The van der Waals surface area contributed by atoms with Gasteiger partial charge in [0.1, 0.15) is 4.47 Å². The summed E-state index contributed by atoms with van der Waals surface area (Å²) in [6.07, 6.45) is 2.20. The maximum Gasteiger partial charge on any atom is 0.283 e. The molecule has 18 heavy (non-hydrogen) atoms. The number of aromatic nitrogens is 2. The van der Waals surface area contributed by atoms with E-state index in [1.54, 1.807) is 13.3 Å². The highest BCUT2D eigenvalue weighted by Crippen LogP contribution is 2.17. The summed E-state index contributed by atoms with van der Waals surface area (Å²) in [6, 6.07) is 0.0716. The predicted octanol–water partition coefficient (Wildman–Crippen LogP) is 0.835. The van der Waals surface area contributed by atoms with Gasteiger partial charge in [-0.1, -0.05) is 0 Å². The molecule has 0 aliphatic heterocycles. The van der Waals surface area contributed by atoms with Gasteiger partial charge >= 0.3 is 0 Å². The second kappa shape index (κ2) is 7.50. The Kier molecular flexibility index (Phi) is 6.31. The summed E-state index contributed by atoms with van der Waals surface area (Å²) < 4.78 is 6.69. The molecule has 2 N–H and O–H groups in total. The van der Waals surface area contributed by atoms with E-state index in [1.165, 1.54) is 4.68 Å². The first-order chi connectivity index (χ1) is 8.60. The summed E-state index contributed by atoms with van der Waals surface area (Å²) in [5.74, 6) is 0. The zero-order valence-electron chi connectivity index (χ0n) is 10.5. The number of aliphatic hydroxyl groups excluding tert-OH is 1. The van der Waals surface area contributed by atoms with E-state index in [2.05, 4.69) is 26.3 Å². The van der Waals surface area contributed by atoms with Crippen molar-refractivity contribution in [2.45, 2.75) is 25.9 Å². The van der Waals surface area contributed by atoms with Gasteiger partial charge in [-0.2, -0.15) is 5.10 Å². The molecule has 0 saturated carbocycles. The average Bonchev–Trinajstić information content (AvgIpc) is 2.34. The number of nitrogens with one attached hydrogen (secondary N) is 1. The molecular formula is C11H18BrN3O3. The molecule has 1 aromatic rings. The number of halogens is 1. The molecule has 6 nitrogen and oxygen atoms in total. The fourth-order valence-corrected chi connectivity index (χ4v) is 1.86. The molecule has 7 heteroatoms. The van der Waals surface area contributed by atoms with Crippen molar-refractivity contribution in [3.05, 3.63) is 21.0 Å². The molecule has 1 aromatic heterocycles. The number of rotatable bonds is 7. The van der Waals surface area contributed by atoms with E-state index in [0.29, 0.717) is 29.7 Å². The van der Waals surface area contributed by atoms with Gasteiger partial charge in [0.2, 0.25) is 0 Å². The van der Waals surface area contributed by atoms with Crippen molar-refractivity contribution in [2.24, 2.45) is 0 Å². The SMILES string of the molecule is COCCn1ncc(NC(C)CCO)c(Br)c1=O. The second-order valence-corrected chi connectivity index (χ2v) is 4.74. The number of methoxy groups -OCH3 is 1. The Bertz CT molecular complexity index is 436. The summed E-state index contributed by atoms with van der Waals surface area (Å²) in [6.45, 7) is 2.89. The smallest absolute Gasteiger partial charge is 0.283 e. The minimum Gasteiger partial charge on any atom is -0.396 e. The molecule has 102 valence electrons. The largest absolute Gasteiger partial charge is 0.396 e. The third kappa shape index (κ3) is 4.08. The Labute approximate surface area is 114 Å². The van der Waals surface area contributed by atoms with Crippen LogP contribution in [0.3, 0.4) is 0 Å². The fourth-order valence-electron chi connectivity index (χ4n) is 1.43. The van der Waals surface area contributed by atoms with Crippen LogP contribution in [0, 0.1) is 0 Å². The summed E-state index contributed by atoms with van der Waals surface area (Å²) in [5.41, 5.74) is 0.433. The summed E-state index contributed by atoms with van der Waals surface area (Å²) in [5, 5.41) is 16.0. The van der Waals surface area contributed by atoms with Crippen LogP contribution in [0.5, 0.6) is 0 Å². The van der Waals surface area contributed by atoms with E-state index < -0.39 is 0 Å². The number of ether oxygens (including phenoxy) is 1. The summed E-state index contributed by atoms with van der Waals surface area (Å²) in [7, 11) is 1.58. The van der Waals surface area contributed by atoms with E-state index in [0.717, 1.165) is 0 Å². The Hall–Kier alpha value is -0.920. The molecule has 0 amide bonds. The lowest BCUT2D eigenvalue weighted by Gasteiger charge is -2.15. The highest BCUT2D eigenvalue weighted by atomic mass is 79.9. The monoisotopic (exact) mass is 319 g/mol. The van der Waals surface area contributed by atoms with Crippen LogP contribution in [-0.2, 0) is 11.3 Å². The van der Waals surface area contributed by atoms with Crippen LogP contribution in [0.1, 0.15) is 13.3 Å². The first-order valence-corrected chi connectivity index (χ1v) is 6.51. The van der Waals surface area contributed by atoms with Gasteiger partial charge in [0, 0.05) is 19.8 Å². The molecule has 0 aliphatic rings. The lowest BCUT2D eigenvalue weighted by molar-refractivity contribution is 0.181. The highest BCUT2D eigenvalue weighted by Gasteiger charge is 2.10. The maximum atomic E-state index is 11.9. The number of hydrogen-bond donors (Lipinski definition) is 2. The van der Waals surface area contributed by atoms with Crippen LogP contribution in [0.25, 0.3) is 0 Å². The average molecular weight is 320 g/mol. The van der Waals surface area contributed by atoms with Gasteiger partial charge in [0.05, 0.1) is 25.0 Å². The molecule has 1 atom stereocenters.